The van der Waals surface area contributed by atoms with Crippen LogP contribution < -0.4 is 5.32 Å². The van der Waals surface area contributed by atoms with Crippen LogP contribution in [-0.2, 0) is 14.3 Å². The first-order valence-electron chi connectivity index (χ1n) is 6.94. The molecule has 1 aromatic carbocycles. The van der Waals surface area contributed by atoms with Crippen LogP contribution in [0, 0.1) is 0 Å². The number of carbonyl (C=O) groups excluding carboxylic acids is 2. The number of aliphatic hydroxyl groups excluding tert-OH is 1. The normalized spacial score (nSPS) is 14.1. The van der Waals surface area contributed by atoms with Gasteiger partial charge < -0.3 is 30.3 Å². The monoisotopic (exact) mass is 336 g/mol. The molecule has 1 aliphatic heterocycles. The molecule has 1 aromatic rings. The predicted molar refractivity (Wildman–Crippen MR) is 81.4 cm³/mol. The molecule has 0 atom stereocenters. The Hall–Kier alpha value is -3.07. The van der Waals surface area contributed by atoms with Gasteiger partial charge >= 0.3 is 11.9 Å². The fraction of sp³-hybridized carbons (Fsp3) is 0.267. The maximum absolute atomic E-state index is 12.4. The number of esters is 1. The molecular formula is C15H16N2O7. The average Bonchev–Trinajstić information content (AvgIpc) is 2.85. The number of β-amino-alcohol motifs (C(OH)–C–C–N with tert-alkyl or cyclic N) is 1. The van der Waals surface area contributed by atoms with E-state index in [0.29, 0.717) is 0 Å². The van der Waals surface area contributed by atoms with Crippen molar-refractivity contribution in [2.75, 3.05) is 32.1 Å². The van der Waals surface area contributed by atoms with Gasteiger partial charge in [0.15, 0.2) is 0 Å². The van der Waals surface area contributed by atoms with Gasteiger partial charge in [-0.1, -0.05) is 0 Å². The van der Waals surface area contributed by atoms with Crippen LogP contribution in [0.4, 0.5) is 5.69 Å². The molecule has 1 heterocycles. The van der Waals surface area contributed by atoms with Crippen LogP contribution in [0.2, 0.25) is 0 Å². The Morgan fingerprint density at radius 3 is 2.67 bits per heavy atom. The number of anilines is 1. The number of aromatic hydroxyl groups is 1. The molecule has 1 aliphatic rings. The van der Waals surface area contributed by atoms with Gasteiger partial charge in [-0.05, 0) is 18.2 Å². The summed E-state index contributed by atoms with van der Waals surface area (Å²) in [5.74, 6) is -2.86. The summed E-state index contributed by atoms with van der Waals surface area (Å²) >= 11 is 0. The van der Waals surface area contributed by atoms with E-state index in [9.17, 15) is 24.6 Å². The zero-order valence-electron chi connectivity index (χ0n) is 12.8. The van der Waals surface area contributed by atoms with Crippen molar-refractivity contribution >= 4 is 23.5 Å². The molecule has 0 unspecified atom stereocenters. The minimum absolute atomic E-state index is 0.0197. The number of rotatable bonds is 6. The summed E-state index contributed by atoms with van der Waals surface area (Å²) in [6.45, 7) is -0.326. The maximum atomic E-state index is 12.4. The molecule has 0 saturated carbocycles. The van der Waals surface area contributed by atoms with Crippen molar-refractivity contribution < 1.29 is 34.4 Å². The first-order chi connectivity index (χ1) is 11.4. The molecule has 0 fully saturated rings. The highest BCUT2D eigenvalue weighted by molar-refractivity contribution is 6.09. The minimum Gasteiger partial charge on any atom is -0.508 e. The van der Waals surface area contributed by atoms with E-state index in [1.54, 1.807) is 0 Å². The van der Waals surface area contributed by atoms with Crippen molar-refractivity contribution in [3.8, 4) is 5.75 Å². The number of carbonyl (C=O) groups is 3. The van der Waals surface area contributed by atoms with Gasteiger partial charge in [0, 0.05) is 6.54 Å². The van der Waals surface area contributed by atoms with E-state index < -0.39 is 17.8 Å². The SMILES string of the molecule is COC(=O)C1=C(Nc2ccc(O)cc2C(=O)O)C(=O)N(CCO)C1. The van der Waals surface area contributed by atoms with E-state index in [2.05, 4.69) is 10.1 Å². The molecule has 9 nitrogen and oxygen atoms in total. The highest BCUT2D eigenvalue weighted by atomic mass is 16.5. The number of hydrogen-bond donors (Lipinski definition) is 4. The third-order valence-corrected chi connectivity index (χ3v) is 3.45. The number of carboxylic acids is 1. The maximum Gasteiger partial charge on any atom is 0.337 e. The predicted octanol–water partition coefficient (Wildman–Crippen LogP) is -0.236. The van der Waals surface area contributed by atoms with E-state index in [1.165, 1.54) is 17.0 Å². The Kier molecular flexibility index (Phi) is 5.05. The van der Waals surface area contributed by atoms with Crippen LogP contribution in [0.1, 0.15) is 10.4 Å². The third kappa shape index (κ3) is 3.30. The highest BCUT2D eigenvalue weighted by Gasteiger charge is 2.34. The lowest BCUT2D eigenvalue weighted by atomic mass is 10.1. The number of aliphatic hydroxyl groups is 1. The molecule has 2 rings (SSSR count). The molecule has 0 spiro atoms. The molecule has 0 aromatic heterocycles. The summed E-state index contributed by atoms with van der Waals surface area (Å²) in [5, 5.41) is 30.2. The first-order valence-corrected chi connectivity index (χ1v) is 6.94. The van der Waals surface area contributed by atoms with Gasteiger partial charge in [0.1, 0.15) is 11.4 Å². The molecule has 1 amide bonds. The lowest BCUT2D eigenvalue weighted by Crippen LogP contribution is -2.31. The number of benzene rings is 1. The lowest BCUT2D eigenvalue weighted by Gasteiger charge is -2.15. The van der Waals surface area contributed by atoms with Crippen molar-refractivity contribution in [3.05, 3.63) is 35.0 Å². The number of hydrogen-bond acceptors (Lipinski definition) is 7. The molecule has 0 aliphatic carbocycles. The Morgan fingerprint density at radius 1 is 1.38 bits per heavy atom. The van der Waals surface area contributed by atoms with E-state index in [-0.39, 0.29) is 48.0 Å². The number of nitrogens with one attached hydrogen (secondary N) is 1. The van der Waals surface area contributed by atoms with Gasteiger partial charge in [-0.15, -0.1) is 0 Å². The Balaban J connectivity index is 2.43. The minimum atomic E-state index is -1.31. The number of nitrogens with zero attached hydrogens (tertiary/aromatic N) is 1. The molecule has 24 heavy (non-hydrogen) atoms. The summed E-state index contributed by atoms with van der Waals surface area (Å²) in [6, 6.07) is 3.55. The van der Waals surface area contributed by atoms with Gasteiger partial charge in [0.2, 0.25) is 0 Å². The standard InChI is InChI=1S/C15H16N2O7/c1-24-15(23)10-7-17(4-5-18)13(20)12(10)16-11-3-2-8(19)6-9(11)14(21)22/h2-3,6,16,18-19H,4-5,7H2,1H3,(H,21,22). The molecule has 0 saturated heterocycles. The molecule has 9 heteroatoms. The molecule has 4 N–H and O–H groups in total. The second-order valence-corrected chi connectivity index (χ2v) is 4.96. The summed E-state index contributed by atoms with van der Waals surface area (Å²) in [6.07, 6.45) is 0. The smallest absolute Gasteiger partial charge is 0.337 e. The van der Waals surface area contributed by atoms with Gasteiger partial charge in [-0.2, -0.15) is 0 Å². The highest BCUT2D eigenvalue weighted by Crippen LogP contribution is 2.27. The van der Waals surface area contributed by atoms with Crippen molar-refractivity contribution in [2.24, 2.45) is 0 Å². The van der Waals surface area contributed by atoms with E-state index in [1.807, 2.05) is 0 Å². The van der Waals surface area contributed by atoms with Gasteiger partial charge in [-0.3, -0.25) is 4.79 Å². The summed E-state index contributed by atoms with van der Waals surface area (Å²) in [4.78, 5) is 36.7. The van der Waals surface area contributed by atoms with Crippen LogP contribution in [0.5, 0.6) is 5.75 Å². The van der Waals surface area contributed by atoms with E-state index >= 15 is 0 Å². The first kappa shape index (κ1) is 17.3. The molecule has 0 radical (unpaired) electrons. The van der Waals surface area contributed by atoms with Crippen molar-refractivity contribution in [3.63, 3.8) is 0 Å². The molecule has 128 valence electrons. The number of amides is 1. The topological polar surface area (TPSA) is 136 Å². The van der Waals surface area contributed by atoms with E-state index in [0.717, 1.165) is 13.2 Å². The Labute approximate surface area is 136 Å². The van der Waals surface area contributed by atoms with Crippen LogP contribution >= 0.6 is 0 Å². The Bertz CT molecular complexity index is 727. The third-order valence-electron chi connectivity index (χ3n) is 3.45. The van der Waals surface area contributed by atoms with Crippen LogP contribution in [-0.4, -0.2) is 64.9 Å². The summed E-state index contributed by atoms with van der Waals surface area (Å²) in [7, 11) is 1.16. The van der Waals surface area contributed by atoms with Crippen molar-refractivity contribution in [2.45, 2.75) is 0 Å². The fourth-order valence-corrected chi connectivity index (χ4v) is 2.30. The number of carboxylic acid groups (broad SMARTS) is 1. The zero-order valence-corrected chi connectivity index (χ0v) is 12.8. The Morgan fingerprint density at radius 2 is 2.08 bits per heavy atom. The van der Waals surface area contributed by atoms with Gasteiger partial charge in [0.05, 0.1) is 37.1 Å². The van der Waals surface area contributed by atoms with Gasteiger partial charge in [-0.25, -0.2) is 9.59 Å². The number of methoxy groups -OCH3 is 1. The van der Waals surface area contributed by atoms with Crippen LogP contribution in [0.25, 0.3) is 0 Å². The number of aromatic carboxylic acids is 1. The second-order valence-electron chi connectivity index (χ2n) is 4.96. The van der Waals surface area contributed by atoms with Gasteiger partial charge in [0.25, 0.3) is 5.91 Å². The van der Waals surface area contributed by atoms with E-state index in [4.69, 9.17) is 5.11 Å². The average molecular weight is 336 g/mol. The number of phenols is 1. The molecule has 0 bridgehead atoms. The van der Waals surface area contributed by atoms with Crippen LogP contribution in [0.3, 0.4) is 0 Å². The summed E-state index contributed by atoms with van der Waals surface area (Å²) < 4.78 is 4.64. The quantitative estimate of drug-likeness (QED) is 0.413. The zero-order chi connectivity index (χ0) is 17.9. The largest absolute Gasteiger partial charge is 0.508 e. The van der Waals surface area contributed by atoms with Crippen molar-refractivity contribution in [1.29, 1.82) is 0 Å². The van der Waals surface area contributed by atoms with Crippen LogP contribution in [0.15, 0.2) is 29.5 Å². The lowest BCUT2D eigenvalue weighted by molar-refractivity contribution is -0.136. The summed E-state index contributed by atoms with van der Waals surface area (Å²) in [5.41, 5.74) is -0.320. The number of phenolic OH excluding ortho intramolecular Hbond substituents is 1. The molecular weight excluding hydrogens is 320 g/mol. The fourth-order valence-electron chi connectivity index (χ4n) is 2.30. The second kappa shape index (κ2) is 7.01. The number of ether oxygens (including phenoxy) is 1. The van der Waals surface area contributed by atoms with Crippen molar-refractivity contribution in [1.82, 2.24) is 4.90 Å².